The van der Waals surface area contributed by atoms with Crippen LogP contribution in [-0.4, -0.2) is 18.5 Å². The minimum atomic E-state index is -0.382. The first-order chi connectivity index (χ1) is 8.72. The van der Waals surface area contributed by atoms with E-state index in [0.717, 1.165) is 17.3 Å². The van der Waals surface area contributed by atoms with Gasteiger partial charge in [0, 0.05) is 10.5 Å². The van der Waals surface area contributed by atoms with Crippen molar-refractivity contribution in [3.05, 3.63) is 34.8 Å². The van der Waals surface area contributed by atoms with Crippen LogP contribution < -0.4 is 10.6 Å². The van der Waals surface area contributed by atoms with Gasteiger partial charge in [0.2, 0.25) is 6.41 Å². The average molecular weight is 313 g/mol. The predicted octanol–water partition coefficient (Wildman–Crippen LogP) is 2.83. The van der Waals surface area contributed by atoms with Crippen molar-refractivity contribution in [2.45, 2.75) is 31.7 Å². The topological polar surface area (TPSA) is 58.2 Å². The molecule has 0 aliphatic heterocycles. The third-order valence-corrected chi connectivity index (χ3v) is 3.14. The summed E-state index contributed by atoms with van der Waals surface area (Å²) in [5, 5.41) is 4.74. The second-order valence-electron chi connectivity index (χ2n) is 4.01. The highest BCUT2D eigenvalue weighted by Gasteiger charge is 2.16. The van der Waals surface area contributed by atoms with E-state index in [0.29, 0.717) is 6.41 Å². The van der Waals surface area contributed by atoms with E-state index in [1.165, 1.54) is 12.8 Å². The molecule has 0 radical (unpaired) electrons. The molecule has 0 heterocycles. The minimum Gasteiger partial charge on any atom is -0.335 e. The molecule has 2 N–H and O–H groups in total. The van der Waals surface area contributed by atoms with Gasteiger partial charge in [-0.05, 0) is 25.0 Å². The van der Waals surface area contributed by atoms with E-state index in [9.17, 15) is 9.59 Å². The van der Waals surface area contributed by atoms with E-state index >= 15 is 0 Å². The lowest BCUT2D eigenvalue weighted by Gasteiger charge is -2.09. The summed E-state index contributed by atoms with van der Waals surface area (Å²) >= 11 is 3.31. The van der Waals surface area contributed by atoms with Gasteiger partial charge in [0.1, 0.15) is 0 Å². The summed E-state index contributed by atoms with van der Waals surface area (Å²) in [7, 11) is 0. The lowest BCUT2D eigenvalue weighted by atomic mass is 10.3. The predicted molar refractivity (Wildman–Crippen MR) is 74.1 cm³/mol. The van der Waals surface area contributed by atoms with Crippen molar-refractivity contribution in [1.29, 1.82) is 0 Å². The SMILES string of the molecule is Brc1ccccc1.O=CNC(=O)NC1CCCC1. The molecule has 5 heteroatoms. The number of hydrogen-bond acceptors (Lipinski definition) is 2. The Balaban J connectivity index is 0.000000199. The second kappa shape index (κ2) is 8.69. The van der Waals surface area contributed by atoms with Crippen molar-refractivity contribution < 1.29 is 9.59 Å². The van der Waals surface area contributed by atoms with Gasteiger partial charge in [-0.2, -0.15) is 0 Å². The molecule has 1 aromatic rings. The van der Waals surface area contributed by atoms with Crippen molar-refractivity contribution >= 4 is 28.4 Å². The smallest absolute Gasteiger partial charge is 0.321 e. The molecule has 0 spiro atoms. The molecule has 1 aliphatic rings. The minimum absolute atomic E-state index is 0.273. The molecule has 1 saturated carbocycles. The lowest BCUT2D eigenvalue weighted by Crippen LogP contribution is -2.40. The van der Waals surface area contributed by atoms with Crippen LogP contribution in [0, 0.1) is 0 Å². The highest BCUT2D eigenvalue weighted by Crippen LogP contribution is 2.17. The fourth-order valence-electron chi connectivity index (χ4n) is 1.77. The number of urea groups is 1. The van der Waals surface area contributed by atoms with Crippen molar-refractivity contribution in [2.75, 3.05) is 0 Å². The third kappa shape index (κ3) is 6.39. The maximum atomic E-state index is 10.7. The van der Waals surface area contributed by atoms with Gasteiger partial charge in [-0.15, -0.1) is 0 Å². The summed E-state index contributed by atoms with van der Waals surface area (Å²) in [6, 6.07) is 9.86. The maximum absolute atomic E-state index is 10.7. The van der Waals surface area contributed by atoms with Crippen LogP contribution in [0.15, 0.2) is 34.8 Å². The summed E-state index contributed by atoms with van der Waals surface area (Å²) in [6.07, 6.45) is 4.81. The van der Waals surface area contributed by atoms with E-state index in [4.69, 9.17) is 0 Å². The Bertz CT molecular complexity index is 365. The molecular weight excluding hydrogens is 296 g/mol. The highest BCUT2D eigenvalue weighted by atomic mass is 79.9. The Morgan fingerprint density at radius 2 is 1.83 bits per heavy atom. The largest absolute Gasteiger partial charge is 0.335 e. The van der Waals surface area contributed by atoms with Crippen LogP contribution in [0.5, 0.6) is 0 Å². The number of halogens is 1. The van der Waals surface area contributed by atoms with Crippen LogP contribution in [0.4, 0.5) is 4.79 Å². The monoisotopic (exact) mass is 312 g/mol. The van der Waals surface area contributed by atoms with Crippen LogP contribution >= 0.6 is 15.9 Å². The normalized spacial score (nSPS) is 14.3. The second-order valence-corrected chi connectivity index (χ2v) is 4.93. The van der Waals surface area contributed by atoms with Gasteiger partial charge >= 0.3 is 6.03 Å². The number of nitrogens with one attached hydrogen (secondary N) is 2. The van der Waals surface area contributed by atoms with Gasteiger partial charge in [0.25, 0.3) is 0 Å². The molecule has 0 unspecified atom stereocenters. The summed E-state index contributed by atoms with van der Waals surface area (Å²) in [6.45, 7) is 0. The summed E-state index contributed by atoms with van der Waals surface area (Å²) in [5.41, 5.74) is 0. The van der Waals surface area contributed by atoms with Crippen molar-refractivity contribution in [3.63, 3.8) is 0 Å². The van der Waals surface area contributed by atoms with E-state index in [2.05, 4.69) is 21.2 Å². The van der Waals surface area contributed by atoms with E-state index < -0.39 is 0 Å². The van der Waals surface area contributed by atoms with Crippen molar-refractivity contribution in [1.82, 2.24) is 10.6 Å². The highest BCUT2D eigenvalue weighted by molar-refractivity contribution is 9.10. The van der Waals surface area contributed by atoms with Crippen LogP contribution in [0.1, 0.15) is 25.7 Å². The molecule has 0 saturated heterocycles. The number of benzene rings is 1. The Hall–Kier alpha value is -1.36. The van der Waals surface area contributed by atoms with Crippen LogP contribution in [0.3, 0.4) is 0 Å². The Kier molecular flexibility index (Phi) is 7.10. The number of carbonyl (C=O) groups excluding carboxylic acids is 2. The lowest BCUT2D eigenvalue weighted by molar-refractivity contribution is -0.108. The number of hydrogen-bond donors (Lipinski definition) is 2. The fraction of sp³-hybridized carbons (Fsp3) is 0.385. The Morgan fingerprint density at radius 1 is 1.22 bits per heavy atom. The zero-order valence-electron chi connectivity index (χ0n) is 10.1. The molecule has 4 nitrogen and oxygen atoms in total. The number of rotatable bonds is 2. The molecule has 2 rings (SSSR count). The summed E-state index contributed by atoms with van der Waals surface area (Å²) < 4.78 is 1.13. The molecule has 3 amide bonds. The standard InChI is InChI=1S/C7H12N2O2.C6H5Br/c10-5-8-7(11)9-6-3-1-2-4-6;7-6-4-2-1-3-5-6/h5-6H,1-4H2,(H2,8,9,10,11);1-5H. The zero-order valence-corrected chi connectivity index (χ0v) is 11.7. The molecule has 1 aromatic carbocycles. The van der Waals surface area contributed by atoms with Crippen molar-refractivity contribution in [3.8, 4) is 0 Å². The molecular formula is C13H17BrN2O2. The zero-order chi connectivity index (χ0) is 13.2. The van der Waals surface area contributed by atoms with Gasteiger partial charge in [-0.3, -0.25) is 10.1 Å². The Morgan fingerprint density at radius 3 is 2.28 bits per heavy atom. The quantitative estimate of drug-likeness (QED) is 0.825. The molecule has 0 atom stereocenters. The van der Waals surface area contributed by atoms with Gasteiger partial charge in [-0.1, -0.05) is 47.0 Å². The van der Waals surface area contributed by atoms with E-state index in [1.54, 1.807) is 0 Å². The van der Waals surface area contributed by atoms with E-state index in [1.807, 2.05) is 35.6 Å². The fourth-order valence-corrected chi connectivity index (χ4v) is 2.07. The van der Waals surface area contributed by atoms with Gasteiger partial charge in [-0.25, -0.2) is 4.79 Å². The first-order valence-corrected chi connectivity index (χ1v) is 6.73. The van der Waals surface area contributed by atoms with Gasteiger partial charge < -0.3 is 5.32 Å². The summed E-state index contributed by atoms with van der Waals surface area (Å²) in [5.74, 6) is 0. The van der Waals surface area contributed by atoms with Crippen LogP contribution in [0.25, 0.3) is 0 Å². The third-order valence-electron chi connectivity index (χ3n) is 2.61. The number of carbonyl (C=O) groups is 2. The average Bonchev–Trinajstić information content (AvgIpc) is 2.84. The molecule has 18 heavy (non-hydrogen) atoms. The number of imide groups is 1. The Labute approximate surface area is 115 Å². The first kappa shape index (κ1) is 14.7. The van der Waals surface area contributed by atoms with Crippen LogP contribution in [0.2, 0.25) is 0 Å². The molecule has 98 valence electrons. The van der Waals surface area contributed by atoms with Gasteiger partial charge in [0.05, 0.1) is 0 Å². The molecule has 0 aromatic heterocycles. The molecule has 1 aliphatic carbocycles. The molecule has 1 fully saturated rings. The maximum Gasteiger partial charge on any atom is 0.321 e. The van der Waals surface area contributed by atoms with Crippen molar-refractivity contribution in [2.24, 2.45) is 0 Å². The van der Waals surface area contributed by atoms with E-state index in [-0.39, 0.29) is 12.1 Å². The number of amides is 3. The first-order valence-electron chi connectivity index (χ1n) is 5.93. The molecule has 0 bridgehead atoms. The van der Waals surface area contributed by atoms with Gasteiger partial charge in [0.15, 0.2) is 0 Å². The van der Waals surface area contributed by atoms with Crippen LogP contribution in [-0.2, 0) is 4.79 Å². The summed E-state index contributed by atoms with van der Waals surface area (Å²) in [4.78, 5) is 20.6.